The summed E-state index contributed by atoms with van der Waals surface area (Å²) in [5, 5.41) is 8.15. The molecule has 0 aliphatic carbocycles. The molecule has 1 N–H and O–H groups in total. The lowest BCUT2D eigenvalue weighted by Crippen LogP contribution is -2.43. The van der Waals surface area contributed by atoms with Crippen molar-refractivity contribution in [2.45, 2.75) is 33.1 Å². The lowest BCUT2D eigenvalue weighted by atomic mass is 9.97. The minimum atomic E-state index is -0.171. The zero-order valence-electron chi connectivity index (χ0n) is 15.2. The Morgan fingerprint density at radius 3 is 3.15 bits per heavy atom. The Labute approximate surface area is 156 Å². The van der Waals surface area contributed by atoms with Gasteiger partial charge in [0.1, 0.15) is 0 Å². The lowest BCUT2D eigenvalue weighted by Gasteiger charge is -2.31. The van der Waals surface area contributed by atoms with Gasteiger partial charge in [-0.3, -0.25) is 9.59 Å². The molecule has 2 aromatic rings. The second-order valence-electron chi connectivity index (χ2n) is 6.44. The summed E-state index contributed by atoms with van der Waals surface area (Å²) in [5.74, 6) is 0.0210. The Hall–Kier alpha value is -2.00. The second kappa shape index (κ2) is 8.59. The molecular formula is C17H25N5O3S. The van der Waals surface area contributed by atoms with Gasteiger partial charge < -0.3 is 15.0 Å². The number of carbonyl (C=O) groups excluding carboxylic acids is 1. The maximum absolute atomic E-state index is 12.4. The van der Waals surface area contributed by atoms with Crippen molar-refractivity contribution in [3.8, 4) is 0 Å². The summed E-state index contributed by atoms with van der Waals surface area (Å²) in [5.41, 5.74) is 0.517. The van der Waals surface area contributed by atoms with Crippen molar-refractivity contribution in [3.05, 3.63) is 22.1 Å². The summed E-state index contributed by atoms with van der Waals surface area (Å²) in [4.78, 5) is 31.5. The molecule has 0 spiro atoms. The first kappa shape index (κ1) is 18.8. The fraction of sp³-hybridized carbons (Fsp3) is 0.647. The lowest BCUT2D eigenvalue weighted by molar-refractivity contribution is -0.125. The number of nitrogens with one attached hydrogen (secondary N) is 1. The van der Waals surface area contributed by atoms with Crippen LogP contribution < -0.4 is 15.8 Å². The van der Waals surface area contributed by atoms with Crippen molar-refractivity contribution in [2.24, 2.45) is 5.92 Å². The van der Waals surface area contributed by atoms with Crippen molar-refractivity contribution < 1.29 is 9.53 Å². The third-order valence-electron chi connectivity index (χ3n) is 4.39. The highest BCUT2D eigenvalue weighted by Crippen LogP contribution is 2.26. The van der Waals surface area contributed by atoms with Gasteiger partial charge in [0.05, 0.1) is 5.92 Å². The number of aryl methyl sites for hydroxylation is 1. The molecule has 2 aromatic heterocycles. The summed E-state index contributed by atoms with van der Waals surface area (Å²) in [6.07, 6.45) is 2.62. The third kappa shape index (κ3) is 4.39. The maximum atomic E-state index is 12.4. The van der Waals surface area contributed by atoms with Crippen LogP contribution in [0.25, 0.3) is 4.96 Å². The van der Waals surface area contributed by atoms with E-state index in [4.69, 9.17) is 4.74 Å². The van der Waals surface area contributed by atoms with E-state index < -0.39 is 0 Å². The Balaban J connectivity index is 1.62. The van der Waals surface area contributed by atoms with Gasteiger partial charge in [0, 0.05) is 44.6 Å². The molecule has 1 aliphatic heterocycles. The highest BCUT2D eigenvalue weighted by molar-refractivity contribution is 7.20. The van der Waals surface area contributed by atoms with Crippen molar-refractivity contribution in [1.29, 1.82) is 0 Å². The average Bonchev–Trinajstić information content (AvgIpc) is 3.06. The number of aromatic nitrogens is 3. The number of fused-ring (bicyclic) bond motifs is 1. The second-order valence-corrected chi connectivity index (χ2v) is 7.38. The molecule has 0 saturated carbocycles. The van der Waals surface area contributed by atoms with E-state index in [0.29, 0.717) is 37.0 Å². The molecule has 1 atom stereocenters. The van der Waals surface area contributed by atoms with E-state index in [-0.39, 0.29) is 17.4 Å². The molecule has 9 heteroatoms. The fourth-order valence-corrected chi connectivity index (χ4v) is 4.07. The van der Waals surface area contributed by atoms with Gasteiger partial charge in [0.2, 0.25) is 16.0 Å². The molecule has 0 unspecified atom stereocenters. The monoisotopic (exact) mass is 379 g/mol. The minimum Gasteiger partial charge on any atom is -0.382 e. The number of amides is 1. The zero-order chi connectivity index (χ0) is 18.5. The molecule has 1 aliphatic rings. The molecule has 0 bridgehead atoms. The van der Waals surface area contributed by atoms with Gasteiger partial charge in [0.15, 0.2) is 0 Å². The molecule has 0 radical (unpaired) electrons. The van der Waals surface area contributed by atoms with Crippen LogP contribution in [0.1, 0.15) is 31.9 Å². The number of nitrogens with zero attached hydrogens (tertiary/aromatic N) is 4. The summed E-state index contributed by atoms with van der Waals surface area (Å²) < 4.78 is 6.62. The van der Waals surface area contributed by atoms with Crippen LogP contribution in [0.3, 0.4) is 0 Å². The van der Waals surface area contributed by atoms with Crippen molar-refractivity contribution in [3.63, 3.8) is 0 Å². The molecule has 8 nitrogen and oxygen atoms in total. The van der Waals surface area contributed by atoms with Crippen molar-refractivity contribution in [1.82, 2.24) is 19.9 Å². The van der Waals surface area contributed by atoms with E-state index in [1.165, 1.54) is 21.9 Å². The molecular weight excluding hydrogens is 354 g/mol. The number of hydrogen-bond acceptors (Lipinski definition) is 7. The first-order chi connectivity index (χ1) is 12.6. The van der Waals surface area contributed by atoms with Crippen LogP contribution in [-0.4, -0.2) is 53.4 Å². The SMILES string of the molecule is CCOCCCNC(=O)[C@H]1CCCN(c2nn3c(=O)cc(C)nc3s2)C1. The number of hydrogen-bond donors (Lipinski definition) is 1. The molecule has 1 fully saturated rings. The Kier molecular flexibility index (Phi) is 6.20. The molecule has 3 heterocycles. The summed E-state index contributed by atoms with van der Waals surface area (Å²) in [7, 11) is 0. The van der Waals surface area contributed by atoms with E-state index in [1.54, 1.807) is 6.92 Å². The molecule has 0 aromatic carbocycles. The smallest absolute Gasteiger partial charge is 0.275 e. The zero-order valence-corrected chi connectivity index (χ0v) is 16.0. The van der Waals surface area contributed by atoms with Crippen LogP contribution in [-0.2, 0) is 9.53 Å². The summed E-state index contributed by atoms with van der Waals surface area (Å²) in [6, 6.07) is 1.48. The van der Waals surface area contributed by atoms with Crippen LogP contribution in [0.4, 0.5) is 5.13 Å². The number of carbonyl (C=O) groups is 1. The van der Waals surface area contributed by atoms with Crippen LogP contribution in [0.15, 0.2) is 10.9 Å². The number of ether oxygens (including phenoxy) is 1. The van der Waals surface area contributed by atoms with E-state index in [2.05, 4.69) is 20.3 Å². The van der Waals surface area contributed by atoms with Crippen molar-refractivity contribution in [2.75, 3.05) is 37.7 Å². The van der Waals surface area contributed by atoms with Crippen LogP contribution in [0.5, 0.6) is 0 Å². The topological polar surface area (TPSA) is 88.8 Å². The van der Waals surface area contributed by atoms with Gasteiger partial charge in [0.25, 0.3) is 5.56 Å². The normalized spacial score (nSPS) is 17.6. The molecule has 142 valence electrons. The predicted octanol–water partition coefficient (Wildman–Crippen LogP) is 1.22. The number of anilines is 1. The third-order valence-corrected chi connectivity index (χ3v) is 5.36. The fourth-order valence-electron chi connectivity index (χ4n) is 3.08. The van der Waals surface area contributed by atoms with Gasteiger partial charge >= 0.3 is 0 Å². The van der Waals surface area contributed by atoms with E-state index in [9.17, 15) is 9.59 Å². The Morgan fingerprint density at radius 2 is 2.35 bits per heavy atom. The van der Waals surface area contributed by atoms with E-state index >= 15 is 0 Å². The van der Waals surface area contributed by atoms with Gasteiger partial charge in [-0.15, -0.1) is 5.10 Å². The summed E-state index contributed by atoms with van der Waals surface area (Å²) in [6.45, 7) is 7.21. The number of piperidine rings is 1. The first-order valence-corrected chi connectivity index (χ1v) is 9.88. The molecule has 26 heavy (non-hydrogen) atoms. The highest BCUT2D eigenvalue weighted by Gasteiger charge is 2.27. The van der Waals surface area contributed by atoms with E-state index in [0.717, 1.165) is 30.9 Å². The summed E-state index contributed by atoms with van der Waals surface area (Å²) >= 11 is 1.39. The van der Waals surface area contributed by atoms with Crippen molar-refractivity contribution >= 4 is 27.3 Å². The van der Waals surface area contributed by atoms with Crippen LogP contribution in [0.2, 0.25) is 0 Å². The molecule has 1 saturated heterocycles. The first-order valence-electron chi connectivity index (χ1n) is 9.06. The molecule has 3 rings (SSSR count). The Bertz CT molecular complexity index is 818. The average molecular weight is 379 g/mol. The quantitative estimate of drug-likeness (QED) is 0.728. The number of rotatable bonds is 7. The maximum Gasteiger partial charge on any atom is 0.275 e. The predicted molar refractivity (Wildman–Crippen MR) is 101 cm³/mol. The van der Waals surface area contributed by atoms with Gasteiger partial charge in [-0.05, 0) is 33.1 Å². The van der Waals surface area contributed by atoms with Crippen LogP contribution >= 0.6 is 11.3 Å². The van der Waals surface area contributed by atoms with E-state index in [1.807, 2.05) is 6.92 Å². The van der Waals surface area contributed by atoms with Gasteiger partial charge in [-0.25, -0.2) is 4.98 Å². The largest absolute Gasteiger partial charge is 0.382 e. The van der Waals surface area contributed by atoms with Gasteiger partial charge in [-0.1, -0.05) is 11.3 Å². The van der Waals surface area contributed by atoms with Gasteiger partial charge in [-0.2, -0.15) is 4.52 Å². The molecule has 1 amide bonds. The highest BCUT2D eigenvalue weighted by atomic mass is 32.1. The Morgan fingerprint density at radius 1 is 1.50 bits per heavy atom. The standard InChI is InChI=1S/C17H25N5O3S/c1-3-25-9-5-7-18-15(24)13-6-4-8-21(11-13)17-20-22-14(23)10-12(2)19-16(22)26-17/h10,13H,3-9,11H2,1-2H3,(H,18,24)/t13-/m0/s1. The minimum absolute atomic E-state index is 0.0609. The van der Waals surface area contributed by atoms with Crippen LogP contribution in [0, 0.1) is 12.8 Å².